The Kier molecular flexibility index (Phi) is 3.76. The first-order chi connectivity index (χ1) is 6.24. The first-order valence-electron chi connectivity index (χ1n) is 4.03. The van der Waals surface area contributed by atoms with Gasteiger partial charge in [-0.25, -0.2) is 0 Å². The summed E-state index contributed by atoms with van der Waals surface area (Å²) in [5, 5.41) is 2.51. The number of carbonyl (C=O) groups excluding carboxylic acids is 2. The highest BCUT2D eigenvalue weighted by molar-refractivity contribution is 6.25. The minimum Gasteiger partial charge on any atom is -0.347 e. The molecule has 1 N–H and O–H groups in total. The van der Waals surface area contributed by atoms with Crippen molar-refractivity contribution in [2.75, 3.05) is 19.6 Å². The summed E-state index contributed by atoms with van der Waals surface area (Å²) in [7, 11) is 0. The highest BCUT2D eigenvalue weighted by atomic mass is 35.5. The van der Waals surface area contributed by atoms with Crippen molar-refractivity contribution in [1.82, 2.24) is 10.2 Å². The molecule has 5 heteroatoms. The molecular formula is C8H11ClN2O2. The summed E-state index contributed by atoms with van der Waals surface area (Å²) < 4.78 is 0. The van der Waals surface area contributed by atoms with Crippen LogP contribution in [0.4, 0.5) is 0 Å². The average Bonchev–Trinajstić information content (AvgIpc) is 2.28. The molecular weight excluding hydrogens is 192 g/mol. The molecule has 0 saturated carbocycles. The highest BCUT2D eigenvalue weighted by Gasteiger charge is 2.18. The molecule has 1 aliphatic heterocycles. The van der Waals surface area contributed by atoms with Gasteiger partial charge in [0.05, 0.1) is 6.54 Å². The molecule has 0 unspecified atom stereocenters. The Hall–Kier alpha value is -1.03. The highest BCUT2D eigenvalue weighted by Crippen LogP contribution is 1.98. The van der Waals surface area contributed by atoms with E-state index in [2.05, 4.69) is 5.32 Å². The van der Waals surface area contributed by atoms with E-state index in [0.29, 0.717) is 19.5 Å². The van der Waals surface area contributed by atoms with E-state index >= 15 is 0 Å². The molecule has 0 atom stereocenters. The predicted octanol–water partition coefficient (Wildman–Crippen LogP) is 0.0874. The maximum Gasteiger partial charge on any atom is 0.242 e. The third-order valence-corrected chi connectivity index (χ3v) is 1.99. The van der Waals surface area contributed by atoms with Crippen LogP contribution >= 0.6 is 11.6 Å². The molecule has 0 spiro atoms. The average molecular weight is 203 g/mol. The summed E-state index contributed by atoms with van der Waals surface area (Å²) in [4.78, 5) is 23.8. The van der Waals surface area contributed by atoms with Crippen LogP contribution in [-0.4, -0.2) is 36.3 Å². The lowest BCUT2D eigenvalue weighted by molar-refractivity contribution is -0.129. The van der Waals surface area contributed by atoms with E-state index in [1.54, 1.807) is 11.0 Å². The number of halogens is 1. The molecule has 1 aliphatic rings. The maximum atomic E-state index is 11.3. The smallest absolute Gasteiger partial charge is 0.242 e. The fraction of sp³-hybridized carbons (Fsp3) is 0.500. The van der Waals surface area contributed by atoms with Crippen molar-refractivity contribution in [2.24, 2.45) is 0 Å². The summed E-state index contributed by atoms with van der Waals surface area (Å²) in [6, 6.07) is 0. The van der Waals surface area contributed by atoms with Gasteiger partial charge in [-0.05, 0) is 0 Å². The van der Waals surface area contributed by atoms with Crippen molar-refractivity contribution in [3.63, 3.8) is 0 Å². The molecule has 2 amide bonds. The summed E-state index contributed by atoms with van der Waals surface area (Å²) >= 11 is 5.34. The Morgan fingerprint density at radius 2 is 2.31 bits per heavy atom. The molecule has 4 nitrogen and oxygen atoms in total. The molecule has 1 rings (SSSR count). The van der Waals surface area contributed by atoms with E-state index in [0.717, 1.165) is 0 Å². The van der Waals surface area contributed by atoms with Crippen LogP contribution in [0.2, 0.25) is 0 Å². The van der Waals surface area contributed by atoms with Crippen LogP contribution in [0.5, 0.6) is 0 Å². The number of hydrogen-bond donors (Lipinski definition) is 1. The zero-order valence-corrected chi connectivity index (χ0v) is 7.88. The lowest BCUT2D eigenvalue weighted by Crippen LogP contribution is -2.35. The van der Waals surface area contributed by atoms with Crippen molar-refractivity contribution in [3.05, 3.63) is 11.6 Å². The molecule has 0 bridgehead atoms. The van der Waals surface area contributed by atoms with Gasteiger partial charge in [-0.15, -0.1) is 0 Å². The van der Waals surface area contributed by atoms with Gasteiger partial charge in [0.15, 0.2) is 0 Å². The van der Waals surface area contributed by atoms with Crippen molar-refractivity contribution in [2.45, 2.75) is 6.42 Å². The summed E-state index contributed by atoms with van der Waals surface area (Å²) in [6.07, 6.45) is 2.04. The Morgan fingerprint density at radius 1 is 1.54 bits per heavy atom. The third kappa shape index (κ3) is 3.06. The van der Waals surface area contributed by atoms with E-state index in [1.807, 2.05) is 0 Å². The van der Waals surface area contributed by atoms with Gasteiger partial charge in [0, 0.05) is 25.0 Å². The third-order valence-electron chi connectivity index (χ3n) is 1.81. The molecule has 0 aliphatic carbocycles. The van der Waals surface area contributed by atoms with E-state index < -0.39 is 0 Å². The fourth-order valence-corrected chi connectivity index (χ4v) is 1.18. The summed E-state index contributed by atoms with van der Waals surface area (Å²) in [5.74, 6) is -0.147. The van der Waals surface area contributed by atoms with Gasteiger partial charge in [-0.3, -0.25) is 9.59 Å². The van der Waals surface area contributed by atoms with E-state index in [1.165, 1.54) is 5.54 Å². The van der Waals surface area contributed by atoms with Gasteiger partial charge in [-0.2, -0.15) is 0 Å². The topological polar surface area (TPSA) is 49.4 Å². The normalized spacial score (nSPS) is 19.0. The second kappa shape index (κ2) is 4.87. The number of rotatable bonds is 2. The lowest BCUT2D eigenvalue weighted by Gasteiger charge is -2.16. The minimum absolute atomic E-state index is 0.0689. The van der Waals surface area contributed by atoms with Crippen molar-refractivity contribution >= 4 is 23.4 Å². The Balaban J connectivity index is 2.51. The van der Waals surface area contributed by atoms with Crippen LogP contribution in [0, 0.1) is 0 Å². The van der Waals surface area contributed by atoms with Gasteiger partial charge in [0.2, 0.25) is 11.8 Å². The second-order valence-electron chi connectivity index (χ2n) is 2.73. The number of hydrogen-bond acceptors (Lipinski definition) is 2. The Bertz CT molecular complexity index is 240. The number of nitrogens with zero attached hydrogens (tertiary/aromatic N) is 1. The Labute approximate surface area is 81.5 Å². The SMILES string of the molecule is O=C1CCN(C/C=C/Cl)C(=O)CN1. The predicted molar refractivity (Wildman–Crippen MR) is 49.2 cm³/mol. The van der Waals surface area contributed by atoms with Crippen molar-refractivity contribution in [1.29, 1.82) is 0 Å². The van der Waals surface area contributed by atoms with Crippen LogP contribution in [-0.2, 0) is 9.59 Å². The van der Waals surface area contributed by atoms with Crippen LogP contribution in [0.25, 0.3) is 0 Å². The molecule has 1 heterocycles. The molecule has 1 fully saturated rings. The molecule has 1 saturated heterocycles. The van der Waals surface area contributed by atoms with Gasteiger partial charge in [0.25, 0.3) is 0 Å². The molecule has 0 aromatic heterocycles. The summed E-state index contributed by atoms with van der Waals surface area (Å²) in [6.45, 7) is 1.03. The van der Waals surface area contributed by atoms with E-state index in [9.17, 15) is 9.59 Å². The zero-order chi connectivity index (χ0) is 9.68. The quantitative estimate of drug-likeness (QED) is 0.690. The van der Waals surface area contributed by atoms with Gasteiger partial charge >= 0.3 is 0 Å². The van der Waals surface area contributed by atoms with Gasteiger partial charge < -0.3 is 10.2 Å². The van der Waals surface area contributed by atoms with Crippen LogP contribution in [0.1, 0.15) is 6.42 Å². The van der Waals surface area contributed by atoms with Crippen molar-refractivity contribution in [3.8, 4) is 0 Å². The molecule has 0 aromatic carbocycles. The fourth-order valence-electron chi connectivity index (χ4n) is 1.10. The first-order valence-corrected chi connectivity index (χ1v) is 4.47. The zero-order valence-electron chi connectivity index (χ0n) is 7.12. The van der Waals surface area contributed by atoms with Crippen LogP contribution in [0.3, 0.4) is 0 Å². The first kappa shape index (κ1) is 10.1. The molecule has 72 valence electrons. The molecule has 0 aromatic rings. The van der Waals surface area contributed by atoms with Gasteiger partial charge in [-0.1, -0.05) is 17.7 Å². The standard InChI is InChI=1S/C8H11ClN2O2/c9-3-1-4-11-5-2-7(12)10-6-8(11)13/h1,3H,2,4-6H2,(H,10,12)/b3-1+. The van der Waals surface area contributed by atoms with Crippen LogP contribution in [0.15, 0.2) is 11.6 Å². The van der Waals surface area contributed by atoms with Crippen molar-refractivity contribution < 1.29 is 9.59 Å². The number of carbonyl (C=O) groups is 2. The largest absolute Gasteiger partial charge is 0.347 e. The summed E-state index contributed by atoms with van der Waals surface area (Å²) in [5.41, 5.74) is 1.37. The lowest BCUT2D eigenvalue weighted by atomic mass is 10.4. The monoisotopic (exact) mass is 202 g/mol. The molecule has 0 radical (unpaired) electrons. The second-order valence-corrected chi connectivity index (χ2v) is 2.98. The number of nitrogens with one attached hydrogen (secondary N) is 1. The number of amides is 2. The van der Waals surface area contributed by atoms with E-state index in [4.69, 9.17) is 11.6 Å². The molecule has 13 heavy (non-hydrogen) atoms. The maximum absolute atomic E-state index is 11.3. The Morgan fingerprint density at radius 3 is 3.00 bits per heavy atom. The van der Waals surface area contributed by atoms with Gasteiger partial charge in [0.1, 0.15) is 0 Å². The van der Waals surface area contributed by atoms with E-state index in [-0.39, 0.29) is 18.4 Å². The van der Waals surface area contributed by atoms with Crippen LogP contribution < -0.4 is 5.32 Å². The minimum atomic E-state index is -0.0781.